The Labute approximate surface area is 149 Å². The van der Waals surface area contributed by atoms with Crippen LogP contribution in [0.25, 0.3) is 0 Å². The number of halogens is 2. The molecule has 0 heterocycles. The van der Waals surface area contributed by atoms with Gasteiger partial charge in [0, 0.05) is 42.8 Å². The first-order valence-corrected chi connectivity index (χ1v) is 10.5. The van der Waals surface area contributed by atoms with E-state index in [1.54, 1.807) is 0 Å². The molecule has 0 saturated heterocycles. The topological polar surface area (TPSA) is 0 Å². The lowest BCUT2D eigenvalue weighted by molar-refractivity contribution is 1.42. The molecule has 0 aromatic heterocycles. The first kappa shape index (κ1) is 17.4. The van der Waals surface area contributed by atoms with E-state index in [4.69, 9.17) is 23.2 Å². The molecule has 0 aliphatic rings. The van der Waals surface area contributed by atoms with Crippen LogP contribution in [-0.2, 0) is 0 Å². The molecule has 2 aromatic carbocycles. The van der Waals surface area contributed by atoms with Crippen LogP contribution in [0.2, 0.25) is 10.0 Å². The first-order valence-electron chi connectivity index (χ1n) is 6.58. The summed E-state index contributed by atoms with van der Waals surface area (Å²) in [4.78, 5) is 2.58. The minimum absolute atomic E-state index is 0.799. The van der Waals surface area contributed by atoms with Crippen molar-refractivity contribution < 1.29 is 0 Å². The predicted octanol–water partition coefficient (Wildman–Crippen LogP) is 6.61. The quantitative estimate of drug-likeness (QED) is 0.376. The van der Waals surface area contributed by atoms with Crippen molar-refractivity contribution in [1.29, 1.82) is 0 Å². The fourth-order valence-electron chi connectivity index (χ4n) is 1.60. The summed E-state index contributed by atoms with van der Waals surface area (Å²) in [5.74, 6) is 4.62. The van der Waals surface area contributed by atoms with E-state index in [-0.39, 0.29) is 0 Å². The van der Waals surface area contributed by atoms with Gasteiger partial charge < -0.3 is 0 Å². The van der Waals surface area contributed by atoms with Gasteiger partial charge in [-0.25, -0.2) is 0 Å². The van der Waals surface area contributed by atoms with E-state index in [9.17, 15) is 0 Å². The monoisotopic (exact) mass is 374 g/mol. The third kappa shape index (κ3) is 7.25. The fourth-order valence-corrected chi connectivity index (χ4v) is 4.79. The van der Waals surface area contributed by atoms with Crippen LogP contribution in [0.5, 0.6) is 0 Å². The van der Waals surface area contributed by atoms with Crippen molar-refractivity contribution >= 4 is 58.5 Å². The summed E-state index contributed by atoms with van der Waals surface area (Å²) in [6.07, 6.45) is 0. The molecule has 0 saturated carbocycles. The number of thioether (sulfide) groups is 3. The molecule has 0 fully saturated rings. The van der Waals surface area contributed by atoms with Crippen molar-refractivity contribution in [1.82, 2.24) is 0 Å². The Balaban J connectivity index is 1.52. The largest absolute Gasteiger partial charge is 0.160 e. The molecule has 5 heteroatoms. The van der Waals surface area contributed by atoms with Gasteiger partial charge >= 0.3 is 0 Å². The fraction of sp³-hybridized carbons (Fsp3) is 0.250. The summed E-state index contributed by atoms with van der Waals surface area (Å²) in [5.41, 5.74) is 0. The second-order valence-electron chi connectivity index (χ2n) is 4.22. The lowest BCUT2D eigenvalue weighted by Gasteiger charge is -2.03. The summed E-state index contributed by atoms with van der Waals surface area (Å²) >= 11 is 17.5. The highest BCUT2D eigenvalue weighted by atomic mass is 35.5. The van der Waals surface area contributed by atoms with Crippen LogP contribution in [0.1, 0.15) is 0 Å². The van der Waals surface area contributed by atoms with Gasteiger partial charge in [-0.3, -0.25) is 0 Å². The third-order valence-electron chi connectivity index (χ3n) is 2.62. The van der Waals surface area contributed by atoms with E-state index in [1.807, 2.05) is 59.6 Å². The van der Waals surface area contributed by atoms with Gasteiger partial charge in [-0.05, 0) is 48.5 Å². The molecule has 0 spiro atoms. The van der Waals surface area contributed by atoms with Crippen molar-refractivity contribution in [3.63, 3.8) is 0 Å². The lowest BCUT2D eigenvalue weighted by Crippen LogP contribution is -1.89. The molecule has 0 aliphatic heterocycles. The highest BCUT2D eigenvalue weighted by Gasteiger charge is 1.97. The van der Waals surface area contributed by atoms with Crippen LogP contribution in [-0.4, -0.2) is 23.0 Å². The van der Waals surface area contributed by atoms with Gasteiger partial charge in [0.1, 0.15) is 0 Å². The number of benzene rings is 2. The van der Waals surface area contributed by atoms with Crippen LogP contribution in [0.3, 0.4) is 0 Å². The average molecular weight is 375 g/mol. The van der Waals surface area contributed by atoms with Crippen molar-refractivity contribution in [2.75, 3.05) is 23.0 Å². The Bertz CT molecular complexity index is 477. The van der Waals surface area contributed by atoms with Crippen molar-refractivity contribution in [3.8, 4) is 0 Å². The number of hydrogen-bond donors (Lipinski definition) is 0. The molecule has 0 N–H and O–H groups in total. The zero-order chi connectivity index (χ0) is 14.9. The lowest BCUT2D eigenvalue weighted by atomic mass is 10.4. The van der Waals surface area contributed by atoms with E-state index >= 15 is 0 Å². The molecule has 21 heavy (non-hydrogen) atoms. The van der Waals surface area contributed by atoms with Crippen LogP contribution in [0.4, 0.5) is 0 Å². The third-order valence-corrected chi connectivity index (χ3v) is 6.65. The van der Waals surface area contributed by atoms with Gasteiger partial charge in [0.05, 0.1) is 0 Å². The molecule has 0 bridgehead atoms. The maximum atomic E-state index is 5.87. The second kappa shape index (κ2) is 9.96. The molecule has 2 rings (SSSR count). The Kier molecular flexibility index (Phi) is 8.26. The highest BCUT2D eigenvalue weighted by molar-refractivity contribution is 8.04. The van der Waals surface area contributed by atoms with Gasteiger partial charge in [0.25, 0.3) is 0 Å². The molecular weight excluding hydrogens is 359 g/mol. The van der Waals surface area contributed by atoms with Crippen LogP contribution in [0, 0.1) is 0 Å². The minimum Gasteiger partial charge on any atom is -0.160 e. The van der Waals surface area contributed by atoms with Gasteiger partial charge in [-0.1, -0.05) is 23.2 Å². The van der Waals surface area contributed by atoms with E-state index in [1.165, 1.54) is 21.3 Å². The summed E-state index contributed by atoms with van der Waals surface area (Å²) < 4.78 is 0. The molecular formula is C16H16Cl2S3. The number of rotatable bonds is 8. The number of hydrogen-bond acceptors (Lipinski definition) is 3. The molecule has 0 unspecified atom stereocenters. The van der Waals surface area contributed by atoms with E-state index < -0.39 is 0 Å². The molecule has 0 radical (unpaired) electrons. The van der Waals surface area contributed by atoms with Gasteiger partial charge in [-0.2, -0.15) is 11.8 Å². The SMILES string of the molecule is Clc1ccc(SCCSCCSc2ccc(Cl)cc2)cc1. The molecule has 2 aromatic rings. The van der Waals surface area contributed by atoms with Crippen molar-refractivity contribution in [2.45, 2.75) is 9.79 Å². The second-order valence-corrected chi connectivity index (χ2v) is 8.65. The van der Waals surface area contributed by atoms with Gasteiger partial charge in [-0.15, -0.1) is 23.5 Å². The summed E-state index contributed by atoms with van der Waals surface area (Å²) in [6, 6.07) is 16.1. The first-order chi connectivity index (χ1) is 10.2. The summed E-state index contributed by atoms with van der Waals surface area (Å²) in [6.45, 7) is 0. The molecule has 112 valence electrons. The van der Waals surface area contributed by atoms with Gasteiger partial charge in [0.2, 0.25) is 0 Å². The maximum absolute atomic E-state index is 5.87. The minimum atomic E-state index is 0.799. The Morgan fingerprint density at radius 1 is 0.571 bits per heavy atom. The van der Waals surface area contributed by atoms with E-state index in [0.29, 0.717) is 0 Å². The predicted molar refractivity (Wildman–Crippen MR) is 102 cm³/mol. The normalized spacial score (nSPS) is 10.8. The Hall–Kier alpha value is 0.0700. The zero-order valence-electron chi connectivity index (χ0n) is 11.4. The maximum Gasteiger partial charge on any atom is 0.0406 e. The average Bonchev–Trinajstić information content (AvgIpc) is 2.50. The van der Waals surface area contributed by atoms with Crippen molar-refractivity contribution in [2.24, 2.45) is 0 Å². The van der Waals surface area contributed by atoms with Crippen LogP contribution < -0.4 is 0 Å². The molecule has 0 atom stereocenters. The zero-order valence-corrected chi connectivity index (χ0v) is 15.4. The van der Waals surface area contributed by atoms with E-state index in [0.717, 1.165) is 21.6 Å². The summed E-state index contributed by atoms with van der Waals surface area (Å²) in [5, 5.41) is 1.60. The van der Waals surface area contributed by atoms with Crippen molar-refractivity contribution in [3.05, 3.63) is 58.6 Å². The molecule has 0 amide bonds. The summed E-state index contributed by atoms with van der Waals surface area (Å²) in [7, 11) is 0. The van der Waals surface area contributed by atoms with E-state index in [2.05, 4.69) is 24.3 Å². The molecule has 0 nitrogen and oxygen atoms in total. The smallest absolute Gasteiger partial charge is 0.0406 e. The van der Waals surface area contributed by atoms with Crippen LogP contribution in [0.15, 0.2) is 58.3 Å². The molecule has 0 aliphatic carbocycles. The Morgan fingerprint density at radius 2 is 0.952 bits per heavy atom. The van der Waals surface area contributed by atoms with Crippen LogP contribution >= 0.6 is 58.5 Å². The Morgan fingerprint density at radius 3 is 1.33 bits per heavy atom. The standard InChI is InChI=1S/C16H16Cl2S3/c17-13-1-5-15(6-2-13)20-11-9-19-10-12-21-16-7-3-14(18)4-8-16/h1-8H,9-12H2. The van der Waals surface area contributed by atoms with Gasteiger partial charge in [0.15, 0.2) is 0 Å². The highest BCUT2D eigenvalue weighted by Crippen LogP contribution is 2.23.